The molecular formula is C25H19ClF3IN2O2. The number of benzene rings is 3. The minimum absolute atomic E-state index is 0.0945. The lowest BCUT2D eigenvalue weighted by molar-refractivity contribution is -0.122. The smallest absolute Gasteiger partial charge is 0.251 e. The molecule has 2 amide bonds. The normalized spacial score (nSPS) is 14.3. The average molecular weight is 599 g/mol. The number of fused-ring (bicyclic) bond motifs is 1. The Morgan fingerprint density at radius 1 is 1.09 bits per heavy atom. The molecule has 34 heavy (non-hydrogen) atoms. The van der Waals surface area contributed by atoms with Gasteiger partial charge >= 0.3 is 0 Å². The largest absolute Gasteiger partial charge is 0.348 e. The van der Waals surface area contributed by atoms with E-state index < -0.39 is 28.8 Å². The monoisotopic (exact) mass is 598 g/mol. The third-order valence-corrected chi connectivity index (χ3v) is 7.06. The van der Waals surface area contributed by atoms with Gasteiger partial charge in [0.15, 0.2) is 0 Å². The summed E-state index contributed by atoms with van der Waals surface area (Å²) in [5.74, 6) is -2.74. The highest BCUT2D eigenvalue weighted by Gasteiger charge is 2.46. The Morgan fingerprint density at radius 3 is 2.50 bits per heavy atom. The molecule has 0 aromatic heterocycles. The molecule has 0 bridgehead atoms. The Morgan fingerprint density at radius 2 is 1.82 bits per heavy atom. The van der Waals surface area contributed by atoms with Crippen LogP contribution >= 0.6 is 34.2 Å². The summed E-state index contributed by atoms with van der Waals surface area (Å²) in [6.07, 6.45) is 0. The fourth-order valence-corrected chi connectivity index (χ4v) is 5.56. The maximum absolute atomic E-state index is 14.5. The number of halogens is 5. The van der Waals surface area contributed by atoms with Crippen LogP contribution in [0.25, 0.3) is 0 Å². The van der Waals surface area contributed by atoms with Gasteiger partial charge in [-0.1, -0.05) is 23.7 Å². The van der Waals surface area contributed by atoms with Gasteiger partial charge in [-0.25, -0.2) is 13.2 Å². The van der Waals surface area contributed by atoms with Crippen LogP contribution in [-0.2, 0) is 23.3 Å². The summed E-state index contributed by atoms with van der Waals surface area (Å²) >= 11 is 8.25. The van der Waals surface area contributed by atoms with E-state index >= 15 is 0 Å². The molecule has 9 heteroatoms. The lowest BCUT2D eigenvalue weighted by atomic mass is 9.86. The van der Waals surface area contributed by atoms with Crippen LogP contribution in [0.4, 0.5) is 18.9 Å². The quantitative estimate of drug-likeness (QED) is 0.360. The van der Waals surface area contributed by atoms with Crippen LogP contribution in [0.5, 0.6) is 0 Å². The van der Waals surface area contributed by atoms with E-state index in [1.54, 1.807) is 32.0 Å². The molecule has 3 aromatic carbocycles. The highest BCUT2D eigenvalue weighted by molar-refractivity contribution is 14.1. The summed E-state index contributed by atoms with van der Waals surface area (Å²) < 4.78 is 42.2. The van der Waals surface area contributed by atoms with Crippen LogP contribution in [0.15, 0.2) is 48.5 Å². The van der Waals surface area contributed by atoms with Gasteiger partial charge < -0.3 is 10.2 Å². The number of hydrogen-bond acceptors (Lipinski definition) is 2. The van der Waals surface area contributed by atoms with Crippen LogP contribution in [-0.4, -0.2) is 11.8 Å². The van der Waals surface area contributed by atoms with E-state index in [2.05, 4.69) is 27.9 Å². The molecule has 0 saturated carbocycles. The highest BCUT2D eigenvalue weighted by atomic mass is 127. The van der Waals surface area contributed by atoms with Crippen molar-refractivity contribution in [2.45, 2.75) is 32.4 Å². The first-order valence-corrected chi connectivity index (χ1v) is 11.8. The molecule has 1 aliphatic rings. The zero-order valence-corrected chi connectivity index (χ0v) is 21.1. The van der Waals surface area contributed by atoms with Gasteiger partial charge in [0.05, 0.1) is 17.6 Å². The molecule has 0 atom stereocenters. The van der Waals surface area contributed by atoms with Gasteiger partial charge in [0.1, 0.15) is 17.5 Å². The molecule has 3 aromatic rings. The molecule has 0 saturated heterocycles. The summed E-state index contributed by atoms with van der Waals surface area (Å²) in [4.78, 5) is 27.6. The predicted molar refractivity (Wildman–Crippen MR) is 132 cm³/mol. The predicted octanol–water partition coefficient (Wildman–Crippen LogP) is 6.12. The lowest BCUT2D eigenvalue weighted by Gasteiger charge is -2.21. The molecule has 176 valence electrons. The van der Waals surface area contributed by atoms with E-state index in [-0.39, 0.29) is 40.7 Å². The topological polar surface area (TPSA) is 49.4 Å². The second-order valence-corrected chi connectivity index (χ2v) is 10.1. The Balaban J connectivity index is 1.67. The van der Waals surface area contributed by atoms with E-state index in [1.807, 2.05) is 0 Å². The van der Waals surface area contributed by atoms with Crippen LogP contribution in [0.2, 0.25) is 5.02 Å². The van der Waals surface area contributed by atoms with Crippen molar-refractivity contribution in [2.24, 2.45) is 0 Å². The van der Waals surface area contributed by atoms with E-state index in [0.29, 0.717) is 9.26 Å². The molecule has 1 N–H and O–H groups in total. The number of hydrogen-bond donors (Lipinski definition) is 1. The van der Waals surface area contributed by atoms with Gasteiger partial charge in [-0.2, -0.15) is 0 Å². The zero-order chi connectivity index (χ0) is 24.8. The molecule has 0 unspecified atom stereocenters. The third kappa shape index (κ3) is 4.40. The first-order valence-electron chi connectivity index (χ1n) is 10.3. The van der Waals surface area contributed by atoms with E-state index in [1.165, 1.54) is 23.1 Å². The summed E-state index contributed by atoms with van der Waals surface area (Å²) in [6, 6.07) is 10.6. The second-order valence-electron chi connectivity index (χ2n) is 8.49. The first kappa shape index (κ1) is 24.5. The molecule has 0 fully saturated rings. The van der Waals surface area contributed by atoms with Gasteiger partial charge in [-0.05, 0) is 66.8 Å². The van der Waals surface area contributed by atoms with Crippen LogP contribution < -0.4 is 10.2 Å². The molecule has 0 aliphatic carbocycles. The number of anilines is 1. The van der Waals surface area contributed by atoms with Gasteiger partial charge in [0.2, 0.25) is 5.91 Å². The summed E-state index contributed by atoms with van der Waals surface area (Å²) in [7, 11) is 0. The molecule has 0 radical (unpaired) electrons. The number of rotatable bonds is 5. The fraction of sp³-hybridized carbons (Fsp3) is 0.200. The number of amides is 2. The Kier molecular flexibility index (Phi) is 6.65. The minimum atomic E-state index is -0.893. The molecular weight excluding hydrogens is 580 g/mol. The van der Waals surface area contributed by atoms with Gasteiger partial charge in [0, 0.05) is 43.5 Å². The first-order chi connectivity index (χ1) is 16.0. The Bertz CT molecular complexity index is 1310. The number of nitrogens with one attached hydrogen (secondary N) is 1. The Labute approximate surface area is 213 Å². The van der Waals surface area contributed by atoms with Crippen LogP contribution in [0.1, 0.15) is 40.9 Å². The van der Waals surface area contributed by atoms with E-state index in [9.17, 15) is 22.8 Å². The van der Waals surface area contributed by atoms with E-state index in [4.69, 9.17) is 11.6 Å². The average Bonchev–Trinajstić information content (AvgIpc) is 2.95. The lowest BCUT2D eigenvalue weighted by Crippen LogP contribution is -2.36. The second kappa shape index (κ2) is 9.22. The Hall–Kier alpha value is -2.59. The van der Waals surface area contributed by atoms with Crippen molar-refractivity contribution in [3.63, 3.8) is 0 Å². The van der Waals surface area contributed by atoms with Crippen LogP contribution in [0, 0.1) is 21.0 Å². The highest BCUT2D eigenvalue weighted by Crippen LogP contribution is 2.45. The third-order valence-electron chi connectivity index (χ3n) is 5.86. The zero-order valence-electron chi connectivity index (χ0n) is 18.2. The number of carbonyl (C=O) groups excluding carboxylic acids is 2. The van der Waals surface area contributed by atoms with Crippen LogP contribution in [0.3, 0.4) is 0 Å². The standard InChI is InChI=1S/C25H19ClF3IN2O2/c1-25(2)22-20(30)8-14(23(33)31-11-13-6-7-15(27)10-19(13)29)9-21(22)32(24(25)34)12-16-17(26)4-3-5-18(16)28/h3-10H,11-12H2,1-2H3,(H,31,33). The van der Waals surface area contributed by atoms with Crippen molar-refractivity contribution >= 4 is 51.7 Å². The number of carbonyl (C=O) groups is 2. The van der Waals surface area contributed by atoms with Crippen molar-refractivity contribution in [1.82, 2.24) is 5.32 Å². The van der Waals surface area contributed by atoms with Gasteiger partial charge in [0.25, 0.3) is 5.91 Å². The fourth-order valence-electron chi connectivity index (χ4n) is 4.05. The van der Waals surface area contributed by atoms with Crippen molar-refractivity contribution < 1.29 is 22.8 Å². The maximum atomic E-state index is 14.5. The SMILES string of the molecule is CC1(C)C(=O)N(Cc2c(F)cccc2Cl)c2cc(C(=O)NCc3ccc(F)cc3F)cc(I)c21. The van der Waals surface area contributed by atoms with Gasteiger partial charge in [-0.15, -0.1) is 0 Å². The molecule has 0 spiro atoms. The van der Waals surface area contributed by atoms with Crippen molar-refractivity contribution in [2.75, 3.05) is 4.90 Å². The summed E-state index contributed by atoms with van der Waals surface area (Å²) in [6.45, 7) is 3.31. The van der Waals surface area contributed by atoms with Crippen molar-refractivity contribution in [1.29, 1.82) is 0 Å². The van der Waals surface area contributed by atoms with Gasteiger partial charge in [-0.3, -0.25) is 9.59 Å². The molecule has 1 aliphatic heterocycles. The number of nitrogens with zero attached hydrogens (tertiary/aromatic N) is 1. The van der Waals surface area contributed by atoms with Crippen molar-refractivity contribution in [3.05, 3.63) is 96.8 Å². The van der Waals surface area contributed by atoms with Crippen molar-refractivity contribution in [3.8, 4) is 0 Å². The minimum Gasteiger partial charge on any atom is -0.348 e. The van der Waals surface area contributed by atoms with E-state index in [0.717, 1.165) is 17.7 Å². The molecule has 1 heterocycles. The summed E-state index contributed by atoms with van der Waals surface area (Å²) in [5, 5.41) is 2.82. The summed E-state index contributed by atoms with van der Waals surface area (Å²) in [5.41, 5.74) is 0.887. The molecule has 4 rings (SSSR count). The maximum Gasteiger partial charge on any atom is 0.251 e. The molecule has 4 nitrogen and oxygen atoms in total.